The molecule has 0 saturated carbocycles. The monoisotopic (exact) mass is 258 g/mol. The molecule has 0 unspecified atom stereocenters. The third kappa shape index (κ3) is 2.49. The Balaban J connectivity index is 2.51. The number of anilines is 1. The summed E-state index contributed by atoms with van der Waals surface area (Å²) >= 11 is 0. The summed E-state index contributed by atoms with van der Waals surface area (Å²) in [5.74, 6) is -1.22. The fraction of sp³-hybridized carbons (Fsp3) is 0.143. The molecule has 0 fully saturated rings. The number of hydrogen-bond acceptors (Lipinski definition) is 3. The van der Waals surface area contributed by atoms with Crippen LogP contribution >= 0.6 is 0 Å². The molecule has 5 heteroatoms. The average Bonchev–Trinajstić information content (AvgIpc) is 2.38. The van der Waals surface area contributed by atoms with Gasteiger partial charge in [0.15, 0.2) is 0 Å². The molecule has 19 heavy (non-hydrogen) atoms. The number of carboxylic acids is 1. The van der Waals surface area contributed by atoms with Gasteiger partial charge in [0.2, 0.25) is 0 Å². The normalized spacial score (nSPS) is 10.2. The van der Waals surface area contributed by atoms with Gasteiger partial charge in [-0.3, -0.25) is 9.36 Å². The quantitative estimate of drug-likeness (QED) is 0.908. The van der Waals surface area contributed by atoms with Crippen molar-refractivity contribution in [2.45, 2.75) is 0 Å². The van der Waals surface area contributed by atoms with Crippen molar-refractivity contribution in [2.24, 2.45) is 0 Å². The van der Waals surface area contributed by atoms with Gasteiger partial charge in [0.1, 0.15) is 5.56 Å². The average molecular weight is 258 g/mol. The van der Waals surface area contributed by atoms with Gasteiger partial charge in [-0.1, -0.05) is 0 Å². The Labute approximate surface area is 110 Å². The summed E-state index contributed by atoms with van der Waals surface area (Å²) in [6, 6.07) is 10.1. The zero-order chi connectivity index (χ0) is 14.0. The van der Waals surface area contributed by atoms with Crippen molar-refractivity contribution in [3.63, 3.8) is 0 Å². The first-order chi connectivity index (χ1) is 9.00. The number of pyridine rings is 1. The summed E-state index contributed by atoms with van der Waals surface area (Å²) in [4.78, 5) is 24.9. The second-order valence-electron chi connectivity index (χ2n) is 4.31. The minimum Gasteiger partial charge on any atom is -0.477 e. The van der Waals surface area contributed by atoms with Gasteiger partial charge in [-0.15, -0.1) is 0 Å². The van der Waals surface area contributed by atoms with Gasteiger partial charge >= 0.3 is 5.97 Å². The standard InChI is InChI=1S/C14H14N2O3/c1-15(2)10-5-7-11(8-6-10)16-9-3-4-12(13(16)17)14(18)19/h3-9H,1-2H3,(H,18,19). The first-order valence-electron chi connectivity index (χ1n) is 5.73. The topological polar surface area (TPSA) is 62.5 Å². The van der Waals surface area contributed by atoms with Crippen LogP contribution in [0.5, 0.6) is 0 Å². The first kappa shape index (κ1) is 12.9. The highest BCUT2D eigenvalue weighted by atomic mass is 16.4. The van der Waals surface area contributed by atoms with E-state index in [-0.39, 0.29) is 5.56 Å². The van der Waals surface area contributed by atoms with Gasteiger partial charge in [0.25, 0.3) is 5.56 Å². The van der Waals surface area contributed by atoms with Crippen LogP contribution in [0, 0.1) is 0 Å². The molecule has 0 amide bonds. The predicted octanol–water partition coefficient (Wildman–Crippen LogP) is 1.60. The van der Waals surface area contributed by atoms with Crippen LogP contribution in [-0.2, 0) is 0 Å². The van der Waals surface area contributed by atoms with Gasteiger partial charge in [0, 0.05) is 31.7 Å². The summed E-state index contributed by atoms with van der Waals surface area (Å²) in [6.07, 6.45) is 1.56. The van der Waals surface area contributed by atoms with E-state index in [0.29, 0.717) is 5.69 Å². The van der Waals surface area contributed by atoms with E-state index in [1.54, 1.807) is 24.4 Å². The van der Waals surface area contributed by atoms with Crippen molar-refractivity contribution >= 4 is 11.7 Å². The molecule has 98 valence electrons. The van der Waals surface area contributed by atoms with E-state index in [1.165, 1.54) is 10.6 Å². The van der Waals surface area contributed by atoms with Crippen molar-refractivity contribution < 1.29 is 9.90 Å². The Kier molecular flexibility index (Phi) is 3.37. The molecule has 1 heterocycles. The molecule has 5 nitrogen and oxygen atoms in total. The molecule has 0 bridgehead atoms. The molecule has 0 spiro atoms. The van der Waals surface area contributed by atoms with Gasteiger partial charge < -0.3 is 10.0 Å². The molecule has 0 atom stereocenters. The predicted molar refractivity (Wildman–Crippen MR) is 73.3 cm³/mol. The van der Waals surface area contributed by atoms with E-state index in [2.05, 4.69) is 0 Å². The van der Waals surface area contributed by atoms with Crippen LogP contribution in [0.3, 0.4) is 0 Å². The van der Waals surface area contributed by atoms with Crippen molar-refractivity contribution in [1.29, 1.82) is 0 Å². The SMILES string of the molecule is CN(C)c1ccc(-n2cccc(C(=O)O)c2=O)cc1. The fourth-order valence-corrected chi connectivity index (χ4v) is 1.77. The Morgan fingerprint density at radius 1 is 1.16 bits per heavy atom. The van der Waals surface area contributed by atoms with Gasteiger partial charge in [-0.05, 0) is 36.4 Å². The molecule has 0 aliphatic heterocycles. The summed E-state index contributed by atoms with van der Waals surface area (Å²) in [5, 5.41) is 8.93. The van der Waals surface area contributed by atoms with E-state index in [4.69, 9.17) is 5.11 Å². The molecular formula is C14H14N2O3. The fourth-order valence-electron chi connectivity index (χ4n) is 1.77. The van der Waals surface area contributed by atoms with Crippen LogP contribution in [0.25, 0.3) is 5.69 Å². The summed E-state index contributed by atoms with van der Waals surface area (Å²) in [5.41, 5.74) is 0.872. The van der Waals surface area contributed by atoms with Gasteiger partial charge in [-0.25, -0.2) is 4.79 Å². The number of carboxylic acid groups (broad SMARTS) is 1. The van der Waals surface area contributed by atoms with E-state index in [0.717, 1.165) is 5.69 Å². The molecule has 0 aliphatic carbocycles. The first-order valence-corrected chi connectivity index (χ1v) is 5.73. The molecule has 1 N–H and O–H groups in total. The van der Waals surface area contributed by atoms with E-state index in [9.17, 15) is 9.59 Å². The lowest BCUT2D eigenvalue weighted by Crippen LogP contribution is -2.24. The minimum absolute atomic E-state index is 0.237. The van der Waals surface area contributed by atoms with E-state index < -0.39 is 11.5 Å². The van der Waals surface area contributed by atoms with Crippen LogP contribution in [0.2, 0.25) is 0 Å². The van der Waals surface area contributed by atoms with Gasteiger partial charge in [0.05, 0.1) is 0 Å². The number of nitrogens with zero attached hydrogens (tertiary/aromatic N) is 2. The highest BCUT2D eigenvalue weighted by Gasteiger charge is 2.10. The van der Waals surface area contributed by atoms with Crippen LogP contribution in [0.4, 0.5) is 5.69 Å². The Morgan fingerprint density at radius 2 is 1.79 bits per heavy atom. The summed E-state index contributed by atoms with van der Waals surface area (Å²) in [7, 11) is 3.85. The largest absolute Gasteiger partial charge is 0.477 e. The zero-order valence-electron chi connectivity index (χ0n) is 10.7. The number of hydrogen-bond donors (Lipinski definition) is 1. The Morgan fingerprint density at radius 3 is 2.32 bits per heavy atom. The third-order valence-corrected chi connectivity index (χ3v) is 2.82. The Hall–Kier alpha value is -2.56. The van der Waals surface area contributed by atoms with Crippen molar-refractivity contribution in [3.8, 4) is 5.69 Å². The third-order valence-electron chi connectivity index (χ3n) is 2.82. The smallest absolute Gasteiger partial charge is 0.341 e. The van der Waals surface area contributed by atoms with Crippen LogP contribution in [-0.4, -0.2) is 29.7 Å². The van der Waals surface area contributed by atoms with Crippen molar-refractivity contribution in [1.82, 2.24) is 4.57 Å². The van der Waals surface area contributed by atoms with Crippen LogP contribution < -0.4 is 10.5 Å². The molecule has 1 aromatic carbocycles. The number of benzene rings is 1. The molecule has 2 aromatic rings. The maximum absolute atomic E-state index is 12.0. The number of rotatable bonds is 3. The van der Waals surface area contributed by atoms with Crippen LogP contribution in [0.15, 0.2) is 47.4 Å². The molecule has 1 aromatic heterocycles. The summed E-state index contributed by atoms with van der Waals surface area (Å²) in [6.45, 7) is 0. The highest BCUT2D eigenvalue weighted by molar-refractivity contribution is 5.87. The van der Waals surface area contributed by atoms with Crippen molar-refractivity contribution in [2.75, 3.05) is 19.0 Å². The number of aromatic nitrogens is 1. The highest BCUT2D eigenvalue weighted by Crippen LogP contribution is 2.14. The molecular weight excluding hydrogens is 244 g/mol. The number of carbonyl (C=O) groups is 1. The van der Waals surface area contributed by atoms with E-state index >= 15 is 0 Å². The zero-order valence-corrected chi connectivity index (χ0v) is 10.7. The molecule has 0 saturated heterocycles. The second-order valence-corrected chi connectivity index (χ2v) is 4.31. The van der Waals surface area contributed by atoms with E-state index in [1.807, 2.05) is 31.1 Å². The molecule has 0 aliphatic rings. The maximum Gasteiger partial charge on any atom is 0.341 e. The summed E-state index contributed by atoms with van der Waals surface area (Å²) < 4.78 is 1.32. The number of aromatic carboxylic acids is 1. The lowest BCUT2D eigenvalue weighted by Gasteiger charge is -2.13. The molecule has 0 radical (unpaired) electrons. The van der Waals surface area contributed by atoms with Gasteiger partial charge in [-0.2, -0.15) is 0 Å². The second kappa shape index (κ2) is 4.97. The molecule has 2 rings (SSSR count). The minimum atomic E-state index is -1.22. The lowest BCUT2D eigenvalue weighted by molar-refractivity contribution is 0.0694. The van der Waals surface area contributed by atoms with Crippen molar-refractivity contribution in [3.05, 3.63) is 58.5 Å². The lowest BCUT2D eigenvalue weighted by atomic mass is 10.2. The Bertz CT molecular complexity index is 657. The van der Waals surface area contributed by atoms with Crippen LogP contribution in [0.1, 0.15) is 10.4 Å². The maximum atomic E-state index is 12.0.